The van der Waals surface area contributed by atoms with Crippen LogP contribution in [-0.4, -0.2) is 19.1 Å². The molecule has 0 aliphatic heterocycles. The Morgan fingerprint density at radius 2 is 2.16 bits per heavy atom. The highest BCUT2D eigenvalue weighted by Crippen LogP contribution is 2.42. The molecule has 0 saturated heterocycles. The molecule has 19 heavy (non-hydrogen) atoms. The standard InChI is InChI=1S/C14H21N5/c1-3-7-18-9-16-8-11(18)12-13(15)19(4-2)14(17-12)10-5-6-10/h8-10H,3-7,15H2,1-2H3. The maximum Gasteiger partial charge on any atom is 0.133 e. The van der Waals surface area contributed by atoms with Crippen LogP contribution in [0.15, 0.2) is 12.5 Å². The van der Waals surface area contributed by atoms with Crippen LogP contribution in [0.2, 0.25) is 0 Å². The molecule has 0 aromatic carbocycles. The summed E-state index contributed by atoms with van der Waals surface area (Å²) < 4.78 is 4.28. The minimum absolute atomic E-state index is 0.610. The Hall–Kier alpha value is -1.78. The summed E-state index contributed by atoms with van der Waals surface area (Å²) in [5.74, 6) is 2.54. The predicted octanol–water partition coefficient (Wildman–Crippen LogP) is 2.64. The number of nitrogens with two attached hydrogens (primary N) is 1. The number of nitrogens with zero attached hydrogens (tertiary/aromatic N) is 4. The summed E-state index contributed by atoms with van der Waals surface area (Å²) in [5, 5.41) is 0. The minimum atomic E-state index is 0.610. The first-order chi connectivity index (χ1) is 9.26. The third kappa shape index (κ3) is 2.03. The molecular weight excluding hydrogens is 238 g/mol. The summed E-state index contributed by atoms with van der Waals surface area (Å²) in [7, 11) is 0. The Bertz CT molecular complexity index is 577. The monoisotopic (exact) mass is 259 g/mol. The van der Waals surface area contributed by atoms with Crippen LogP contribution < -0.4 is 5.73 Å². The largest absolute Gasteiger partial charge is 0.383 e. The molecule has 0 spiro atoms. The number of aryl methyl sites for hydroxylation is 1. The lowest BCUT2D eigenvalue weighted by molar-refractivity contribution is 0.683. The highest BCUT2D eigenvalue weighted by atomic mass is 15.2. The number of hydrogen-bond donors (Lipinski definition) is 1. The summed E-state index contributed by atoms with van der Waals surface area (Å²) in [4.78, 5) is 9.05. The first-order valence-corrected chi connectivity index (χ1v) is 7.12. The highest BCUT2D eigenvalue weighted by molar-refractivity contribution is 5.68. The van der Waals surface area contributed by atoms with Gasteiger partial charge in [0.25, 0.3) is 0 Å². The molecule has 2 heterocycles. The van der Waals surface area contributed by atoms with Crippen LogP contribution in [0.4, 0.5) is 5.82 Å². The van der Waals surface area contributed by atoms with Gasteiger partial charge in [-0.05, 0) is 26.2 Å². The van der Waals surface area contributed by atoms with E-state index in [1.165, 1.54) is 12.8 Å². The summed E-state index contributed by atoms with van der Waals surface area (Å²) in [6.45, 7) is 6.11. The maximum absolute atomic E-state index is 6.30. The zero-order valence-corrected chi connectivity index (χ0v) is 11.6. The van der Waals surface area contributed by atoms with Crippen molar-refractivity contribution in [2.45, 2.75) is 52.1 Å². The fraction of sp³-hybridized carbons (Fsp3) is 0.571. The molecular formula is C14H21N5. The molecule has 1 aliphatic carbocycles. The summed E-state index contributed by atoms with van der Waals surface area (Å²) in [6, 6.07) is 0. The van der Waals surface area contributed by atoms with Gasteiger partial charge in [0.05, 0.1) is 18.2 Å². The lowest BCUT2D eigenvalue weighted by Crippen LogP contribution is -2.05. The third-order valence-electron chi connectivity index (χ3n) is 3.71. The number of nitrogen functional groups attached to an aromatic ring is 1. The number of aromatic nitrogens is 4. The van der Waals surface area contributed by atoms with E-state index in [9.17, 15) is 0 Å². The van der Waals surface area contributed by atoms with Gasteiger partial charge in [-0.3, -0.25) is 0 Å². The summed E-state index contributed by atoms with van der Waals surface area (Å²) >= 11 is 0. The Morgan fingerprint density at radius 1 is 1.37 bits per heavy atom. The van der Waals surface area contributed by atoms with Gasteiger partial charge >= 0.3 is 0 Å². The van der Waals surface area contributed by atoms with Crippen LogP contribution in [0.5, 0.6) is 0 Å². The lowest BCUT2D eigenvalue weighted by atomic mass is 10.3. The van der Waals surface area contributed by atoms with Gasteiger partial charge in [0.15, 0.2) is 0 Å². The van der Waals surface area contributed by atoms with E-state index < -0.39 is 0 Å². The van der Waals surface area contributed by atoms with E-state index in [1.807, 2.05) is 12.5 Å². The molecule has 0 amide bonds. The van der Waals surface area contributed by atoms with Gasteiger partial charge in [-0.25, -0.2) is 9.97 Å². The van der Waals surface area contributed by atoms with E-state index in [0.29, 0.717) is 5.92 Å². The molecule has 1 saturated carbocycles. The Kier molecular flexibility index (Phi) is 3.05. The van der Waals surface area contributed by atoms with Gasteiger partial charge in [-0.2, -0.15) is 0 Å². The molecule has 2 aromatic heterocycles. The topological polar surface area (TPSA) is 61.7 Å². The molecule has 0 atom stereocenters. The van der Waals surface area contributed by atoms with Crippen molar-refractivity contribution >= 4 is 5.82 Å². The van der Waals surface area contributed by atoms with Crippen molar-refractivity contribution in [2.24, 2.45) is 0 Å². The van der Waals surface area contributed by atoms with Crippen molar-refractivity contribution in [3.05, 3.63) is 18.3 Å². The molecule has 0 bridgehead atoms. The number of rotatable bonds is 5. The number of imidazole rings is 2. The van der Waals surface area contributed by atoms with E-state index in [4.69, 9.17) is 10.7 Å². The molecule has 0 unspecified atom stereocenters. The molecule has 5 nitrogen and oxygen atoms in total. The van der Waals surface area contributed by atoms with Crippen molar-refractivity contribution in [2.75, 3.05) is 5.73 Å². The number of hydrogen-bond acceptors (Lipinski definition) is 3. The Balaban J connectivity index is 2.06. The molecule has 2 aromatic rings. The van der Waals surface area contributed by atoms with Crippen molar-refractivity contribution in [1.29, 1.82) is 0 Å². The second-order valence-electron chi connectivity index (χ2n) is 5.19. The summed E-state index contributed by atoms with van der Waals surface area (Å²) in [5.41, 5.74) is 8.23. The molecule has 1 aliphatic rings. The van der Waals surface area contributed by atoms with Crippen molar-refractivity contribution in [1.82, 2.24) is 19.1 Å². The van der Waals surface area contributed by atoms with E-state index in [-0.39, 0.29) is 0 Å². The second-order valence-corrected chi connectivity index (χ2v) is 5.19. The van der Waals surface area contributed by atoms with Crippen LogP contribution in [0.1, 0.15) is 44.9 Å². The molecule has 2 N–H and O–H groups in total. The van der Waals surface area contributed by atoms with Crippen LogP contribution in [0, 0.1) is 0 Å². The highest BCUT2D eigenvalue weighted by Gasteiger charge is 2.31. The van der Waals surface area contributed by atoms with Crippen LogP contribution in [0.25, 0.3) is 11.4 Å². The SMILES string of the molecule is CCCn1cncc1-c1nc(C2CC2)n(CC)c1N. The smallest absolute Gasteiger partial charge is 0.133 e. The van der Waals surface area contributed by atoms with Gasteiger partial charge in [0.2, 0.25) is 0 Å². The van der Waals surface area contributed by atoms with Gasteiger partial charge in [-0.15, -0.1) is 0 Å². The zero-order chi connectivity index (χ0) is 13.4. The van der Waals surface area contributed by atoms with Gasteiger partial charge < -0.3 is 14.9 Å². The first kappa shape index (κ1) is 12.3. The average molecular weight is 259 g/mol. The van der Waals surface area contributed by atoms with Gasteiger partial charge in [0.1, 0.15) is 17.3 Å². The third-order valence-corrected chi connectivity index (χ3v) is 3.71. The van der Waals surface area contributed by atoms with E-state index in [1.54, 1.807) is 0 Å². The number of anilines is 1. The molecule has 1 fully saturated rings. The van der Waals surface area contributed by atoms with E-state index in [0.717, 1.165) is 42.5 Å². The molecule has 0 radical (unpaired) electrons. The molecule has 102 valence electrons. The van der Waals surface area contributed by atoms with Crippen molar-refractivity contribution in [3.63, 3.8) is 0 Å². The van der Waals surface area contributed by atoms with E-state index >= 15 is 0 Å². The van der Waals surface area contributed by atoms with Crippen LogP contribution >= 0.6 is 0 Å². The van der Waals surface area contributed by atoms with Gasteiger partial charge in [-0.1, -0.05) is 6.92 Å². The van der Waals surface area contributed by atoms with Crippen molar-refractivity contribution < 1.29 is 0 Å². The summed E-state index contributed by atoms with van der Waals surface area (Å²) in [6.07, 6.45) is 7.28. The van der Waals surface area contributed by atoms with E-state index in [2.05, 4.69) is 28.0 Å². The maximum atomic E-state index is 6.30. The zero-order valence-electron chi connectivity index (χ0n) is 11.6. The average Bonchev–Trinajstić information content (AvgIpc) is 3.06. The first-order valence-electron chi connectivity index (χ1n) is 7.12. The normalized spacial score (nSPS) is 15.1. The molecule has 3 rings (SSSR count). The minimum Gasteiger partial charge on any atom is -0.383 e. The fourth-order valence-electron chi connectivity index (χ4n) is 2.59. The quantitative estimate of drug-likeness (QED) is 0.897. The Labute approximate surface area is 113 Å². The predicted molar refractivity (Wildman–Crippen MR) is 75.8 cm³/mol. The fourth-order valence-corrected chi connectivity index (χ4v) is 2.59. The Morgan fingerprint density at radius 3 is 2.79 bits per heavy atom. The lowest BCUT2D eigenvalue weighted by Gasteiger charge is -2.06. The van der Waals surface area contributed by atoms with Crippen molar-refractivity contribution in [3.8, 4) is 11.4 Å². The molecule has 5 heteroatoms. The van der Waals surface area contributed by atoms with Crippen LogP contribution in [-0.2, 0) is 13.1 Å². The second kappa shape index (κ2) is 4.72. The van der Waals surface area contributed by atoms with Gasteiger partial charge in [0, 0.05) is 19.0 Å². The van der Waals surface area contributed by atoms with Crippen LogP contribution in [0.3, 0.4) is 0 Å².